The number of amides is 1. The number of halogens is 3. The zero-order valence-corrected chi connectivity index (χ0v) is 14.1. The number of ether oxygens (including phenoxy) is 1. The topological polar surface area (TPSA) is 88.5 Å². The Morgan fingerprint density at radius 1 is 1.15 bits per heavy atom. The number of carbonyl (C=O) groups excluding carboxylic acids is 1. The van der Waals surface area contributed by atoms with Crippen LogP contribution in [0.3, 0.4) is 0 Å². The molecule has 144 valence electrons. The fourth-order valence-corrected chi connectivity index (χ4v) is 2.21. The Balaban J connectivity index is 1.90. The number of hydrogen-bond donors (Lipinski definition) is 2. The van der Waals surface area contributed by atoms with Crippen molar-refractivity contribution in [3.63, 3.8) is 0 Å². The van der Waals surface area contributed by atoms with Gasteiger partial charge in [-0.15, -0.1) is 0 Å². The van der Waals surface area contributed by atoms with Crippen LogP contribution in [-0.2, 0) is 17.5 Å². The van der Waals surface area contributed by atoms with E-state index in [9.17, 15) is 22.8 Å². The first kappa shape index (κ1) is 20.2. The number of aliphatic carboxylic acids is 1. The van der Waals surface area contributed by atoms with E-state index in [1.165, 1.54) is 6.07 Å². The third kappa shape index (κ3) is 6.28. The molecule has 27 heavy (non-hydrogen) atoms. The first-order valence-electron chi connectivity index (χ1n) is 8.01. The summed E-state index contributed by atoms with van der Waals surface area (Å²) in [6.07, 6.45) is -3.35. The van der Waals surface area contributed by atoms with Gasteiger partial charge in [0.1, 0.15) is 5.75 Å². The number of carbonyl (C=O) groups is 2. The molecule has 0 saturated carbocycles. The van der Waals surface area contributed by atoms with E-state index in [2.05, 4.69) is 10.3 Å². The minimum atomic E-state index is -4.71. The van der Waals surface area contributed by atoms with Gasteiger partial charge >= 0.3 is 12.1 Å². The van der Waals surface area contributed by atoms with Gasteiger partial charge < -0.3 is 15.2 Å². The van der Waals surface area contributed by atoms with Crippen molar-refractivity contribution in [2.75, 3.05) is 6.61 Å². The lowest BCUT2D eigenvalue weighted by Gasteiger charge is -2.12. The fourth-order valence-electron chi connectivity index (χ4n) is 2.21. The third-order valence-electron chi connectivity index (χ3n) is 3.50. The highest BCUT2D eigenvalue weighted by molar-refractivity contribution is 5.95. The number of aromatic nitrogens is 1. The molecule has 1 aromatic heterocycles. The van der Waals surface area contributed by atoms with E-state index >= 15 is 0 Å². The van der Waals surface area contributed by atoms with Crippen LogP contribution in [0.5, 0.6) is 5.75 Å². The van der Waals surface area contributed by atoms with Crippen molar-refractivity contribution in [2.24, 2.45) is 0 Å². The van der Waals surface area contributed by atoms with Gasteiger partial charge in [-0.25, -0.2) is 0 Å². The Morgan fingerprint density at radius 3 is 2.48 bits per heavy atom. The summed E-state index contributed by atoms with van der Waals surface area (Å²) >= 11 is 0. The van der Waals surface area contributed by atoms with E-state index in [1.54, 1.807) is 24.3 Å². The van der Waals surface area contributed by atoms with Crippen LogP contribution in [0.4, 0.5) is 13.2 Å². The van der Waals surface area contributed by atoms with Crippen LogP contribution >= 0.6 is 0 Å². The Hall–Kier alpha value is -3.10. The summed E-state index contributed by atoms with van der Waals surface area (Å²) in [6, 6.07) is 8.91. The second-order valence-electron chi connectivity index (χ2n) is 5.57. The normalized spacial score (nSPS) is 11.1. The van der Waals surface area contributed by atoms with Crippen molar-refractivity contribution >= 4 is 11.9 Å². The second kappa shape index (κ2) is 9.02. The van der Waals surface area contributed by atoms with Gasteiger partial charge in [0.05, 0.1) is 12.2 Å². The standard InChI is InChI=1S/C18H17F3N2O4/c19-18(20,21)16-14(3-1-9-22-16)17(26)23-11-12-5-7-13(8-6-12)27-10-2-4-15(24)25/h1,3,5-9H,2,4,10-11H2,(H,23,26)(H,24,25). The minimum Gasteiger partial charge on any atom is -0.494 e. The highest BCUT2D eigenvalue weighted by Gasteiger charge is 2.36. The van der Waals surface area contributed by atoms with Gasteiger partial charge in [-0.2, -0.15) is 13.2 Å². The molecule has 0 fully saturated rings. The molecule has 2 N–H and O–H groups in total. The molecule has 0 aliphatic heterocycles. The van der Waals surface area contributed by atoms with Crippen molar-refractivity contribution in [3.8, 4) is 5.75 Å². The molecule has 1 amide bonds. The van der Waals surface area contributed by atoms with Gasteiger partial charge in [-0.3, -0.25) is 14.6 Å². The monoisotopic (exact) mass is 382 g/mol. The molecule has 0 aliphatic carbocycles. The number of nitrogens with zero attached hydrogens (tertiary/aromatic N) is 1. The molecule has 0 atom stereocenters. The van der Waals surface area contributed by atoms with Gasteiger partial charge in [-0.1, -0.05) is 12.1 Å². The van der Waals surface area contributed by atoms with E-state index in [-0.39, 0.29) is 19.6 Å². The van der Waals surface area contributed by atoms with Crippen LogP contribution in [0.15, 0.2) is 42.6 Å². The zero-order valence-electron chi connectivity index (χ0n) is 14.1. The third-order valence-corrected chi connectivity index (χ3v) is 3.50. The molecule has 0 aliphatic rings. The van der Waals surface area contributed by atoms with Crippen LogP contribution in [0.1, 0.15) is 34.5 Å². The van der Waals surface area contributed by atoms with Gasteiger partial charge in [0.25, 0.3) is 5.91 Å². The highest BCUT2D eigenvalue weighted by Crippen LogP contribution is 2.29. The van der Waals surface area contributed by atoms with E-state index in [4.69, 9.17) is 9.84 Å². The molecule has 2 rings (SSSR count). The Labute approximate surface area is 153 Å². The number of carboxylic acid groups (broad SMARTS) is 1. The second-order valence-corrected chi connectivity index (χ2v) is 5.57. The summed E-state index contributed by atoms with van der Waals surface area (Å²) in [5, 5.41) is 11.0. The Bertz CT molecular complexity index is 792. The molecular weight excluding hydrogens is 365 g/mol. The first-order valence-corrected chi connectivity index (χ1v) is 8.01. The van der Waals surface area contributed by atoms with Gasteiger partial charge in [0, 0.05) is 19.2 Å². The Kier molecular flexibility index (Phi) is 6.75. The molecule has 6 nitrogen and oxygen atoms in total. The van der Waals surface area contributed by atoms with Crippen LogP contribution in [0.25, 0.3) is 0 Å². The SMILES string of the molecule is O=C(O)CCCOc1ccc(CNC(=O)c2cccnc2C(F)(F)F)cc1. The summed E-state index contributed by atoms with van der Waals surface area (Å²) < 4.78 is 44.1. The molecule has 0 saturated heterocycles. The number of hydrogen-bond acceptors (Lipinski definition) is 4. The van der Waals surface area contributed by atoms with E-state index < -0.39 is 29.3 Å². The lowest BCUT2D eigenvalue weighted by molar-refractivity contribution is -0.141. The van der Waals surface area contributed by atoms with Gasteiger partial charge in [0.15, 0.2) is 5.69 Å². The average Bonchev–Trinajstić information content (AvgIpc) is 2.63. The van der Waals surface area contributed by atoms with Crippen molar-refractivity contribution in [1.82, 2.24) is 10.3 Å². The largest absolute Gasteiger partial charge is 0.494 e. The number of nitrogens with one attached hydrogen (secondary N) is 1. The van der Waals surface area contributed by atoms with Gasteiger partial charge in [0.2, 0.25) is 0 Å². The van der Waals surface area contributed by atoms with E-state index in [1.807, 2.05) is 0 Å². The smallest absolute Gasteiger partial charge is 0.434 e. The molecule has 0 spiro atoms. The maximum atomic E-state index is 12.9. The molecule has 0 radical (unpaired) electrons. The lowest BCUT2D eigenvalue weighted by Crippen LogP contribution is -2.26. The number of pyridine rings is 1. The molecule has 1 heterocycles. The molecular formula is C18H17F3N2O4. The predicted molar refractivity (Wildman–Crippen MR) is 89.2 cm³/mol. The number of rotatable bonds is 8. The molecule has 1 aromatic carbocycles. The van der Waals surface area contributed by atoms with Crippen LogP contribution in [0, 0.1) is 0 Å². The summed E-state index contributed by atoms with van der Waals surface area (Å²) in [6.45, 7) is 0.286. The summed E-state index contributed by atoms with van der Waals surface area (Å²) in [5.41, 5.74) is -1.10. The van der Waals surface area contributed by atoms with Crippen LogP contribution < -0.4 is 10.1 Å². The van der Waals surface area contributed by atoms with Crippen molar-refractivity contribution in [1.29, 1.82) is 0 Å². The van der Waals surface area contributed by atoms with Crippen molar-refractivity contribution in [3.05, 3.63) is 59.4 Å². The number of alkyl halides is 3. The maximum absolute atomic E-state index is 12.9. The predicted octanol–water partition coefficient (Wildman–Crippen LogP) is 3.27. The van der Waals surface area contributed by atoms with Crippen LogP contribution in [-0.4, -0.2) is 28.6 Å². The lowest BCUT2D eigenvalue weighted by atomic mass is 10.1. The fraction of sp³-hybridized carbons (Fsp3) is 0.278. The average molecular weight is 382 g/mol. The number of carboxylic acids is 1. The first-order chi connectivity index (χ1) is 12.8. The quantitative estimate of drug-likeness (QED) is 0.684. The molecule has 2 aromatic rings. The number of benzene rings is 1. The molecule has 0 bridgehead atoms. The van der Waals surface area contributed by atoms with E-state index in [0.29, 0.717) is 17.7 Å². The summed E-state index contributed by atoms with van der Waals surface area (Å²) in [7, 11) is 0. The molecule has 0 unspecified atom stereocenters. The summed E-state index contributed by atoms with van der Waals surface area (Å²) in [4.78, 5) is 25.7. The minimum absolute atomic E-state index is 0.0123. The summed E-state index contributed by atoms with van der Waals surface area (Å²) in [5.74, 6) is -1.24. The van der Waals surface area contributed by atoms with E-state index in [0.717, 1.165) is 12.3 Å². The highest BCUT2D eigenvalue weighted by atomic mass is 19.4. The van der Waals surface area contributed by atoms with Gasteiger partial charge in [-0.05, 0) is 36.2 Å². The molecule has 9 heteroatoms. The maximum Gasteiger partial charge on any atom is 0.434 e. The Morgan fingerprint density at radius 2 is 1.85 bits per heavy atom. The van der Waals surface area contributed by atoms with Crippen LogP contribution in [0.2, 0.25) is 0 Å². The van der Waals surface area contributed by atoms with Crippen molar-refractivity contribution in [2.45, 2.75) is 25.6 Å². The van der Waals surface area contributed by atoms with Crippen molar-refractivity contribution < 1.29 is 32.6 Å². The zero-order chi connectivity index (χ0) is 19.9.